The molecule has 0 unspecified atom stereocenters. The average molecular weight is 530 g/mol. The molecule has 202 valence electrons. The average Bonchev–Trinajstić information content (AvgIpc) is 3.74. The van der Waals surface area contributed by atoms with Gasteiger partial charge in [0.25, 0.3) is 0 Å². The summed E-state index contributed by atoms with van der Waals surface area (Å²) in [4.78, 5) is 17.7. The number of fused-ring (bicyclic) bond motifs is 2. The van der Waals surface area contributed by atoms with Crippen molar-refractivity contribution in [2.75, 3.05) is 0 Å². The molecule has 4 aromatic heterocycles. The van der Waals surface area contributed by atoms with Crippen LogP contribution in [-0.4, -0.2) is 30.1 Å². The first-order chi connectivity index (χ1) is 19.6. The number of hydrogen-bond donors (Lipinski definition) is 3. The SMILES string of the molecule is C=C/C(=C\C(=C/C)c1cc2c(-c3nc4c(C5=CCC=C5)nccc4[nH]3)n[nH]c2cn1)NC(=C)CC1CCCCC1. The van der Waals surface area contributed by atoms with Crippen molar-refractivity contribution in [2.24, 2.45) is 5.92 Å². The molecular weight excluding hydrogens is 494 g/mol. The van der Waals surface area contributed by atoms with Crippen LogP contribution in [0.1, 0.15) is 63.3 Å². The van der Waals surface area contributed by atoms with Gasteiger partial charge in [-0.05, 0) is 61.1 Å². The number of imidazole rings is 1. The number of H-pyrrole nitrogens is 2. The maximum Gasteiger partial charge on any atom is 0.159 e. The van der Waals surface area contributed by atoms with Gasteiger partial charge in [-0.3, -0.25) is 15.1 Å². The number of aromatic amines is 2. The molecule has 0 aromatic carbocycles. The summed E-state index contributed by atoms with van der Waals surface area (Å²) in [7, 11) is 0. The fraction of sp³-hybridized carbons (Fsp3) is 0.273. The van der Waals surface area contributed by atoms with E-state index in [-0.39, 0.29) is 0 Å². The molecule has 1 saturated carbocycles. The molecule has 0 aliphatic heterocycles. The van der Waals surface area contributed by atoms with Crippen molar-refractivity contribution in [3.8, 4) is 11.5 Å². The molecule has 7 heteroatoms. The van der Waals surface area contributed by atoms with Crippen molar-refractivity contribution in [1.82, 2.24) is 35.5 Å². The van der Waals surface area contributed by atoms with Crippen molar-refractivity contribution in [3.63, 3.8) is 0 Å². The van der Waals surface area contributed by atoms with Gasteiger partial charge in [0.2, 0.25) is 0 Å². The Labute approximate surface area is 234 Å². The van der Waals surface area contributed by atoms with Crippen LogP contribution in [0.25, 0.3) is 44.6 Å². The van der Waals surface area contributed by atoms with Gasteiger partial charge in [0, 0.05) is 23.0 Å². The van der Waals surface area contributed by atoms with Gasteiger partial charge in [0.1, 0.15) is 11.2 Å². The Kier molecular flexibility index (Phi) is 7.27. The molecule has 2 aliphatic carbocycles. The van der Waals surface area contributed by atoms with Crippen LogP contribution in [-0.2, 0) is 0 Å². The van der Waals surface area contributed by atoms with E-state index in [2.05, 4.69) is 75.1 Å². The zero-order valence-electron chi connectivity index (χ0n) is 23.0. The van der Waals surface area contributed by atoms with E-state index < -0.39 is 0 Å². The first kappa shape index (κ1) is 25.7. The molecule has 0 bridgehead atoms. The predicted octanol–water partition coefficient (Wildman–Crippen LogP) is 7.79. The van der Waals surface area contributed by atoms with Crippen LogP contribution >= 0.6 is 0 Å². The Balaban J connectivity index is 1.29. The van der Waals surface area contributed by atoms with Gasteiger partial charge >= 0.3 is 0 Å². The zero-order chi connectivity index (χ0) is 27.5. The fourth-order valence-corrected chi connectivity index (χ4v) is 5.76. The van der Waals surface area contributed by atoms with E-state index in [9.17, 15) is 0 Å². The number of rotatable bonds is 9. The monoisotopic (exact) mass is 529 g/mol. The third-order valence-electron chi connectivity index (χ3n) is 7.84. The van der Waals surface area contributed by atoms with Gasteiger partial charge in [-0.1, -0.05) is 69.6 Å². The molecule has 1 fully saturated rings. The smallest absolute Gasteiger partial charge is 0.159 e. The van der Waals surface area contributed by atoms with Crippen LogP contribution < -0.4 is 5.32 Å². The second-order valence-electron chi connectivity index (χ2n) is 10.6. The van der Waals surface area contributed by atoms with E-state index >= 15 is 0 Å². The summed E-state index contributed by atoms with van der Waals surface area (Å²) in [5.74, 6) is 1.42. The number of allylic oxidation sites excluding steroid dienone is 9. The van der Waals surface area contributed by atoms with Gasteiger partial charge in [0.05, 0.1) is 28.6 Å². The summed E-state index contributed by atoms with van der Waals surface area (Å²) in [5.41, 5.74) is 9.13. The number of nitrogens with zero attached hydrogens (tertiary/aromatic N) is 4. The Morgan fingerprint density at radius 2 is 2.02 bits per heavy atom. The predicted molar refractivity (Wildman–Crippen MR) is 164 cm³/mol. The summed E-state index contributed by atoms with van der Waals surface area (Å²) in [6.07, 6.45) is 24.5. The highest BCUT2D eigenvalue weighted by Crippen LogP contribution is 2.32. The molecule has 0 atom stereocenters. The molecule has 0 amide bonds. The zero-order valence-corrected chi connectivity index (χ0v) is 23.0. The third-order valence-corrected chi connectivity index (χ3v) is 7.84. The van der Waals surface area contributed by atoms with Gasteiger partial charge in [-0.15, -0.1) is 0 Å². The standard InChI is InChI=1S/C33H35N7/c1-4-23(18-25(5-2)36-21(3)17-22-11-7-6-8-12-22)28-19-26-29(20-35-28)39-40-31(26)33-37-27-15-16-34-30(32(27)38-33)24-13-9-10-14-24/h4-5,9,13-16,18-20,22,36H,2-3,6-8,10-12,17H2,1H3,(H,37,38)(H,39,40)/b23-4+,25-18+. The van der Waals surface area contributed by atoms with Crippen molar-refractivity contribution >= 4 is 33.1 Å². The Bertz CT molecular complexity index is 1700. The maximum atomic E-state index is 4.93. The summed E-state index contributed by atoms with van der Waals surface area (Å²) in [6.45, 7) is 10.4. The number of nitrogens with one attached hydrogen (secondary N) is 3. The van der Waals surface area contributed by atoms with Crippen LogP contribution in [0.4, 0.5) is 0 Å². The molecule has 0 spiro atoms. The fourth-order valence-electron chi connectivity index (χ4n) is 5.76. The highest BCUT2D eigenvalue weighted by Gasteiger charge is 2.18. The summed E-state index contributed by atoms with van der Waals surface area (Å²) in [6, 6.07) is 4.01. The van der Waals surface area contributed by atoms with Crippen LogP contribution in [0.15, 0.2) is 85.5 Å². The van der Waals surface area contributed by atoms with E-state index in [1.807, 2.05) is 31.5 Å². The quantitative estimate of drug-likeness (QED) is 0.192. The number of hydrogen-bond acceptors (Lipinski definition) is 5. The second-order valence-corrected chi connectivity index (χ2v) is 10.6. The molecule has 6 rings (SSSR count). The van der Waals surface area contributed by atoms with E-state index in [0.29, 0.717) is 5.82 Å². The largest absolute Gasteiger partial charge is 0.359 e. The van der Waals surface area contributed by atoms with Crippen LogP contribution in [0.3, 0.4) is 0 Å². The minimum absolute atomic E-state index is 0.695. The lowest BCUT2D eigenvalue weighted by Gasteiger charge is -2.23. The molecule has 4 aromatic rings. The van der Waals surface area contributed by atoms with Crippen molar-refractivity contribution in [2.45, 2.75) is 51.9 Å². The molecule has 4 heterocycles. The topological polar surface area (TPSA) is 95.2 Å². The molecule has 0 radical (unpaired) electrons. The van der Waals surface area contributed by atoms with Gasteiger partial charge in [-0.25, -0.2) is 4.98 Å². The van der Waals surface area contributed by atoms with Crippen molar-refractivity contribution in [3.05, 3.63) is 96.9 Å². The normalized spacial score (nSPS) is 16.6. The Hall–Kier alpha value is -4.52. The Morgan fingerprint density at radius 3 is 2.80 bits per heavy atom. The summed E-state index contributed by atoms with van der Waals surface area (Å²) in [5, 5.41) is 12.2. The lowest BCUT2D eigenvalue weighted by Crippen LogP contribution is -2.16. The molecule has 7 nitrogen and oxygen atoms in total. The molecule has 0 saturated heterocycles. The number of aromatic nitrogens is 6. The van der Waals surface area contributed by atoms with E-state index in [0.717, 1.165) is 80.3 Å². The molecular formula is C33H35N7. The molecule has 40 heavy (non-hydrogen) atoms. The highest BCUT2D eigenvalue weighted by atomic mass is 15.1. The highest BCUT2D eigenvalue weighted by molar-refractivity contribution is 5.97. The summed E-state index contributed by atoms with van der Waals surface area (Å²) >= 11 is 0. The van der Waals surface area contributed by atoms with E-state index in [1.165, 1.54) is 32.1 Å². The number of pyridine rings is 2. The summed E-state index contributed by atoms with van der Waals surface area (Å²) < 4.78 is 0. The van der Waals surface area contributed by atoms with Crippen molar-refractivity contribution in [1.29, 1.82) is 0 Å². The van der Waals surface area contributed by atoms with Crippen LogP contribution in [0.5, 0.6) is 0 Å². The van der Waals surface area contributed by atoms with Gasteiger partial charge in [0.15, 0.2) is 5.82 Å². The molecule has 3 N–H and O–H groups in total. The van der Waals surface area contributed by atoms with E-state index in [4.69, 9.17) is 9.97 Å². The first-order valence-electron chi connectivity index (χ1n) is 14.1. The molecule has 2 aliphatic rings. The first-order valence-corrected chi connectivity index (χ1v) is 14.1. The minimum Gasteiger partial charge on any atom is -0.359 e. The van der Waals surface area contributed by atoms with Crippen LogP contribution in [0.2, 0.25) is 0 Å². The van der Waals surface area contributed by atoms with E-state index in [1.54, 1.807) is 0 Å². The minimum atomic E-state index is 0.695. The maximum absolute atomic E-state index is 4.93. The second kappa shape index (κ2) is 11.3. The van der Waals surface area contributed by atoms with Gasteiger partial charge in [-0.2, -0.15) is 5.10 Å². The lowest BCUT2D eigenvalue weighted by atomic mass is 9.86. The van der Waals surface area contributed by atoms with Gasteiger partial charge < -0.3 is 10.3 Å². The third kappa shape index (κ3) is 5.19. The lowest BCUT2D eigenvalue weighted by molar-refractivity contribution is 0.353. The van der Waals surface area contributed by atoms with Crippen LogP contribution in [0, 0.1) is 5.92 Å². The van der Waals surface area contributed by atoms with Crippen molar-refractivity contribution < 1.29 is 0 Å². The Morgan fingerprint density at radius 1 is 1.15 bits per heavy atom.